The van der Waals surface area contributed by atoms with Gasteiger partial charge in [0.2, 0.25) is 5.91 Å². The van der Waals surface area contributed by atoms with Gasteiger partial charge in [0, 0.05) is 6.54 Å². The van der Waals surface area contributed by atoms with E-state index in [1.54, 1.807) is 0 Å². The lowest BCUT2D eigenvalue weighted by molar-refractivity contribution is -0.120. The summed E-state index contributed by atoms with van der Waals surface area (Å²) < 4.78 is 0. The van der Waals surface area contributed by atoms with Crippen LogP contribution in [0.3, 0.4) is 0 Å². The van der Waals surface area contributed by atoms with Crippen molar-refractivity contribution in [3.8, 4) is 0 Å². The van der Waals surface area contributed by atoms with E-state index >= 15 is 0 Å². The molecule has 0 unspecified atom stereocenters. The minimum absolute atomic E-state index is 0.262. The molecule has 0 aromatic carbocycles. The lowest BCUT2D eigenvalue weighted by atomic mass is 9.79. The van der Waals surface area contributed by atoms with E-state index < -0.39 is 5.60 Å². The van der Waals surface area contributed by atoms with Gasteiger partial charge in [-0.1, -0.05) is 20.3 Å². The molecular formula is C14H28N2O2. The van der Waals surface area contributed by atoms with Crippen LogP contribution in [0, 0.1) is 5.92 Å². The number of nitrogens with two attached hydrogens (primary N) is 1. The summed E-state index contributed by atoms with van der Waals surface area (Å²) in [5, 5.41) is 10.6. The van der Waals surface area contributed by atoms with Crippen LogP contribution in [0.1, 0.15) is 52.4 Å². The Hall–Kier alpha value is -0.610. The van der Waals surface area contributed by atoms with Crippen LogP contribution in [0.25, 0.3) is 0 Å². The fourth-order valence-corrected chi connectivity index (χ4v) is 2.69. The maximum absolute atomic E-state index is 11.1. The molecule has 1 fully saturated rings. The molecule has 1 saturated carbocycles. The number of hydrogen-bond acceptors (Lipinski definition) is 3. The highest BCUT2D eigenvalue weighted by Crippen LogP contribution is 2.32. The van der Waals surface area contributed by atoms with Crippen LogP contribution < -0.4 is 5.73 Å². The van der Waals surface area contributed by atoms with Gasteiger partial charge in [-0.3, -0.25) is 9.69 Å². The topological polar surface area (TPSA) is 66.6 Å². The molecule has 0 heterocycles. The Morgan fingerprint density at radius 3 is 2.56 bits per heavy atom. The molecule has 1 amide bonds. The van der Waals surface area contributed by atoms with Gasteiger partial charge in [-0.15, -0.1) is 0 Å². The predicted molar refractivity (Wildman–Crippen MR) is 73.1 cm³/mol. The Kier molecular flexibility index (Phi) is 6.09. The first-order chi connectivity index (χ1) is 8.45. The van der Waals surface area contributed by atoms with Crippen molar-refractivity contribution in [1.29, 1.82) is 0 Å². The van der Waals surface area contributed by atoms with Crippen LogP contribution in [-0.2, 0) is 4.79 Å². The SMILES string of the molecule is CCCCN(CC(N)=O)CC1(O)CCC(C)CC1. The van der Waals surface area contributed by atoms with E-state index in [0.29, 0.717) is 12.5 Å². The van der Waals surface area contributed by atoms with Crippen LogP contribution in [0.2, 0.25) is 0 Å². The molecular weight excluding hydrogens is 228 g/mol. The van der Waals surface area contributed by atoms with E-state index in [2.05, 4.69) is 13.8 Å². The standard InChI is InChI=1S/C14H28N2O2/c1-3-4-9-16(10-13(15)17)11-14(18)7-5-12(2)6-8-14/h12,18H,3-11H2,1-2H3,(H2,15,17). The van der Waals surface area contributed by atoms with Crippen molar-refractivity contribution in [3.63, 3.8) is 0 Å². The summed E-state index contributed by atoms with van der Waals surface area (Å²) in [5.41, 5.74) is 4.66. The van der Waals surface area contributed by atoms with E-state index in [1.807, 2.05) is 4.90 Å². The number of hydrogen-bond donors (Lipinski definition) is 2. The van der Waals surface area contributed by atoms with Crippen molar-refractivity contribution in [2.75, 3.05) is 19.6 Å². The van der Waals surface area contributed by atoms with E-state index in [0.717, 1.165) is 45.1 Å². The molecule has 1 aliphatic carbocycles. The molecule has 0 aromatic rings. The van der Waals surface area contributed by atoms with Gasteiger partial charge >= 0.3 is 0 Å². The second-order valence-corrected chi connectivity index (χ2v) is 5.94. The van der Waals surface area contributed by atoms with Crippen molar-refractivity contribution in [2.24, 2.45) is 11.7 Å². The molecule has 18 heavy (non-hydrogen) atoms. The molecule has 0 bridgehead atoms. The van der Waals surface area contributed by atoms with Crippen LogP contribution in [-0.4, -0.2) is 41.1 Å². The van der Waals surface area contributed by atoms with E-state index in [9.17, 15) is 9.90 Å². The van der Waals surface area contributed by atoms with Gasteiger partial charge in [0.1, 0.15) is 0 Å². The average molecular weight is 256 g/mol. The molecule has 0 saturated heterocycles. The summed E-state index contributed by atoms with van der Waals surface area (Å²) in [6.45, 7) is 6.05. The highest BCUT2D eigenvalue weighted by atomic mass is 16.3. The Bertz CT molecular complexity index is 261. The fourth-order valence-electron chi connectivity index (χ4n) is 2.69. The molecule has 0 spiro atoms. The minimum atomic E-state index is -0.615. The Labute approximate surface area is 111 Å². The third-order valence-electron chi connectivity index (χ3n) is 3.93. The molecule has 0 radical (unpaired) electrons. The molecule has 1 rings (SSSR count). The zero-order valence-corrected chi connectivity index (χ0v) is 11.8. The number of carbonyl (C=O) groups is 1. The highest BCUT2D eigenvalue weighted by molar-refractivity contribution is 5.75. The largest absolute Gasteiger partial charge is 0.389 e. The number of nitrogens with zero attached hydrogens (tertiary/aromatic N) is 1. The number of aliphatic hydroxyl groups is 1. The van der Waals surface area contributed by atoms with Crippen molar-refractivity contribution in [1.82, 2.24) is 4.90 Å². The monoisotopic (exact) mass is 256 g/mol. The van der Waals surface area contributed by atoms with Gasteiger partial charge in [0.05, 0.1) is 12.1 Å². The van der Waals surface area contributed by atoms with Gasteiger partial charge in [-0.25, -0.2) is 0 Å². The zero-order chi connectivity index (χ0) is 13.6. The summed E-state index contributed by atoms with van der Waals surface area (Å²) in [7, 11) is 0. The first-order valence-corrected chi connectivity index (χ1v) is 7.18. The average Bonchev–Trinajstić information content (AvgIpc) is 2.30. The normalized spacial score (nSPS) is 28.6. The third kappa shape index (κ3) is 5.36. The van der Waals surface area contributed by atoms with Crippen molar-refractivity contribution < 1.29 is 9.90 Å². The highest BCUT2D eigenvalue weighted by Gasteiger charge is 2.33. The van der Waals surface area contributed by atoms with Crippen molar-refractivity contribution in [2.45, 2.75) is 58.0 Å². The van der Waals surface area contributed by atoms with Crippen LogP contribution in [0.4, 0.5) is 0 Å². The van der Waals surface area contributed by atoms with Crippen molar-refractivity contribution in [3.05, 3.63) is 0 Å². The van der Waals surface area contributed by atoms with E-state index in [-0.39, 0.29) is 12.5 Å². The molecule has 3 N–H and O–H groups in total. The van der Waals surface area contributed by atoms with Gasteiger partial charge in [0.25, 0.3) is 0 Å². The predicted octanol–water partition coefficient (Wildman–Crippen LogP) is 1.51. The van der Waals surface area contributed by atoms with Crippen LogP contribution >= 0.6 is 0 Å². The summed E-state index contributed by atoms with van der Waals surface area (Å²) in [5.74, 6) is 0.407. The second kappa shape index (κ2) is 7.10. The van der Waals surface area contributed by atoms with Gasteiger partial charge in [-0.05, 0) is 44.6 Å². The molecule has 0 aliphatic heterocycles. The van der Waals surface area contributed by atoms with Gasteiger partial charge in [0.15, 0.2) is 0 Å². The summed E-state index contributed by atoms with van der Waals surface area (Å²) in [6.07, 6.45) is 5.97. The maximum atomic E-state index is 11.1. The lowest BCUT2D eigenvalue weighted by Gasteiger charge is -2.38. The molecule has 4 heteroatoms. The fraction of sp³-hybridized carbons (Fsp3) is 0.929. The molecule has 106 valence electrons. The molecule has 4 nitrogen and oxygen atoms in total. The molecule has 0 aromatic heterocycles. The van der Waals surface area contributed by atoms with Crippen LogP contribution in [0.15, 0.2) is 0 Å². The van der Waals surface area contributed by atoms with E-state index in [1.165, 1.54) is 0 Å². The number of carbonyl (C=O) groups excluding carboxylic acids is 1. The number of rotatable bonds is 7. The minimum Gasteiger partial charge on any atom is -0.389 e. The quantitative estimate of drug-likeness (QED) is 0.725. The number of primary amides is 1. The second-order valence-electron chi connectivity index (χ2n) is 5.94. The van der Waals surface area contributed by atoms with Crippen molar-refractivity contribution >= 4 is 5.91 Å². The number of amides is 1. The smallest absolute Gasteiger partial charge is 0.231 e. The maximum Gasteiger partial charge on any atom is 0.231 e. The summed E-state index contributed by atoms with van der Waals surface area (Å²) in [4.78, 5) is 13.1. The van der Waals surface area contributed by atoms with E-state index in [4.69, 9.17) is 5.73 Å². The van der Waals surface area contributed by atoms with Crippen LogP contribution in [0.5, 0.6) is 0 Å². The lowest BCUT2D eigenvalue weighted by Crippen LogP contribution is -2.48. The number of unbranched alkanes of at least 4 members (excludes halogenated alkanes) is 1. The van der Waals surface area contributed by atoms with Gasteiger partial charge in [-0.2, -0.15) is 0 Å². The Balaban J connectivity index is 2.49. The third-order valence-corrected chi connectivity index (χ3v) is 3.93. The Morgan fingerprint density at radius 1 is 1.44 bits per heavy atom. The summed E-state index contributed by atoms with van der Waals surface area (Å²) >= 11 is 0. The van der Waals surface area contributed by atoms with Gasteiger partial charge < -0.3 is 10.8 Å². The molecule has 0 atom stereocenters. The Morgan fingerprint density at radius 2 is 2.06 bits per heavy atom. The first-order valence-electron chi connectivity index (χ1n) is 7.18. The zero-order valence-electron chi connectivity index (χ0n) is 11.8. The summed E-state index contributed by atoms with van der Waals surface area (Å²) in [6, 6.07) is 0. The first kappa shape index (κ1) is 15.4. The molecule has 1 aliphatic rings.